The third kappa shape index (κ3) is 3.85. The lowest BCUT2D eigenvalue weighted by Gasteiger charge is -2.29. The Morgan fingerprint density at radius 1 is 0.429 bits per heavy atom. The predicted molar refractivity (Wildman–Crippen MR) is 179 cm³/mol. The van der Waals surface area contributed by atoms with Gasteiger partial charge in [0.15, 0.2) is 0 Å². The van der Waals surface area contributed by atoms with Crippen LogP contribution in [0.5, 0.6) is 0 Å². The molecular weight excluding hydrogens is 506 g/mol. The highest BCUT2D eigenvalue weighted by Crippen LogP contribution is 2.54. The highest BCUT2D eigenvalue weighted by Gasteiger charge is 2.37. The first-order valence-electron chi connectivity index (χ1n) is 14.7. The summed E-state index contributed by atoms with van der Waals surface area (Å²) in [5, 5.41) is 5.00. The van der Waals surface area contributed by atoms with E-state index in [1.807, 2.05) is 0 Å². The molecule has 0 saturated carbocycles. The third-order valence-electron chi connectivity index (χ3n) is 9.01. The van der Waals surface area contributed by atoms with Crippen LogP contribution in [0.25, 0.3) is 43.8 Å². The molecule has 0 aromatic heterocycles. The third-order valence-corrected chi connectivity index (χ3v) is 9.01. The largest absolute Gasteiger partial charge is 0.310 e. The Morgan fingerprint density at radius 2 is 1.02 bits per heavy atom. The average molecular weight is 538 g/mol. The van der Waals surface area contributed by atoms with Crippen LogP contribution in [0.1, 0.15) is 25.0 Å². The number of benzene rings is 7. The molecule has 1 aliphatic carbocycles. The minimum Gasteiger partial charge on any atom is -0.310 e. The molecule has 0 amide bonds. The average Bonchev–Trinajstić information content (AvgIpc) is 3.28. The van der Waals surface area contributed by atoms with Crippen molar-refractivity contribution >= 4 is 38.6 Å². The molecule has 0 atom stereocenters. The van der Waals surface area contributed by atoms with E-state index in [-0.39, 0.29) is 5.41 Å². The van der Waals surface area contributed by atoms with E-state index in [1.54, 1.807) is 0 Å². The molecule has 0 heterocycles. The topological polar surface area (TPSA) is 3.24 Å². The summed E-state index contributed by atoms with van der Waals surface area (Å²) in [5.41, 5.74) is 11.4. The number of anilines is 3. The van der Waals surface area contributed by atoms with Crippen LogP contribution in [0.15, 0.2) is 152 Å². The zero-order valence-electron chi connectivity index (χ0n) is 23.9. The normalized spacial score (nSPS) is 13.2. The number of hydrogen-bond donors (Lipinski definition) is 0. The van der Waals surface area contributed by atoms with Gasteiger partial charge in [-0.25, -0.2) is 0 Å². The van der Waals surface area contributed by atoms with Crippen molar-refractivity contribution in [2.45, 2.75) is 19.3 Å². The fourth-order valence-electron chi connectivity index (χ4n) is 6.85. The molecule has 8 rings (SSSR count). The second kappa shape index (κ2) is 9.46. The quantitative estimate of drug-likeness (QED) is 0.216. The number of hydrogen-bond acceptors (Lipinski definition) is 1. The van der Waals surface area contributed by atoms with Gasteiger partial charge in [-0.1, -0.05) is 123 Å². The standard InChI is InChI=1S/C41H31N/c1-41(2)37-16-9-8-15-36(37)40-38(41)17-10-18-39(40)42(34-13-4-3-5-14-34)35-24-23-32-26-31(21-22-33(32)27-35)30-20-19-28-11-6-7-12-29(28)25-30/h3-27H,1-2H3. The van der Waals surface area contributed by atoms with Gasteiger partial charge in [0.25, 0.3) is 0 Å². The Balaban J connectivity index is 1.28. The van der Waals surface area contributed by atoms with Gasteiger partial charge in [-0.3, -0.25) is 0 Å². The monoisotopic (exact) mass is 537 g/mol. The number of rotatable bonds is 4. The molecule has 42 heavy (non-hydrogen) atoms. The van der Waals surface area contributed by atoms with Crippen LogP contribution < -0.4 is 4.90 Å². The Labute approximate surface area is 247 Å². The molecule has 7 aromatic rings. The molecule has 200 valence electrons. The van der Waals surface area contributed by atoms with Crippen molar-refractivity contribution in [3.8, 4) is 22.3 Å². The molecular formula is C41H31N. The molecule has 0 N–H and O–H groups in total. The zero-order chi connectivity index (χ0) is 28.3. The van der Waals surface area contributed by atoms with Crippen LogP contribution >= 0.6 is 0 Å². The van der Waals surface area contributed by atoms with Gasteiger partial charge in [0.2, 0.25) is 0 Å². The molecule has 7 aromatic carbocycles. The zero-order valence-corrected chi connectivity index (χ0v) is 23.9. The van der Waals surface area contributed by atoms with Crippen LogP contribution in [0.2, 0.25) is 0 Å². The van der Waals surface area contributed by atoms with E-state index in [0.29, 0.717) is 0 Å². The molecule has 0 unspecified atom stereocenters. The lowest BCUT2D eigenvalue weighted by Crippen LogP contribution is -2.16. The van der Waals surface area contributed by atoms with E-state index in [2.05, 4.69) is 170 Å². The fraction of sp³-hybridized carbons (Fsp3) is 0.0732. The highest BCUT2D eigenvalue weighted by atomic mass is 15.1. The molecule has 1 aliphatic rings. The van der Waals surface area contributed by atoms with Gasteiger partial charge in [0.05, 0.1) is 5.69 Å². The Bertz CT molecular complexity index is 2120. The summed E-state index contributed by atoms with van der Waals surface area (Å²) in [6, 6.07) is 55.4. The highest BCUT2D eigenvalue weighted by molar-refractivity contribution is 5.98. The van der Waals surface area contributed by atoms with Crippen LogP contribution in [0, 0.1) is 0 Å². The summed E-state index contributed by atoms with van der Waals surface area (Å²) < 4.78 is 0. The molecule has 0 bridgehead atoms. The van der Waals surface area contributed by atoms with Crippen molar-refractivity contribution < 1.29 is 0 Å². The van der Waals surface area contributed by atoms with E-state index in [1.165, 1.54) is 60.6 Å². The predicted octanol–water partition coefficient (Wildman–Crippen LogP) is 11.4. The van der Waals surface area contributed by atoms with Gasteiger partial charge in [0.1, 0.15) is 0 Å². The summed E-state index contributed by atoms with van der Waals surface area (Å²) >= 11 is 0. The van der Waals surface area contributed by atoms with Gasteiger partial charge in [-0.05, 0) is 91.8 Å². The second-order valence-electron chi connectivity index (χ2n) is 11.8. The van der Waals surface area contributed by atoms with E-state index in [4.69, 9.17) is 0 Å². The van der Waals surface area contributed by atoms with Crippen molar-refractivity contribution in [3.05, 3.63) is 163 Å². The molecule has 0 fully saturated rings. The van der Waals surface area contributed by atoms with E-state index in [0.717, 1.165) is 11.4 Å². The molecule has 0 aliphatic heterocycles. The Kier molecular flexibility index (Phi) is 5.55. The van der Waals surface area contributed by atoms with Crippen molar-refractivity contribution in [2.75, 3.05) is 4.90 Å². The van der Waals surface area contributed by atoms with Crippen molar-refractivity contribution in [1.82, 2.24) is 0 Å². The van der Waals surface area contributed by atoms with Gasteiger partial charge >= 0.3 is 0 Å². The molecule has 0 saturated heterocycles. The number of para-hydroxylation sites is 1. The maximum absolute atomic E-state index is 2.42. The minimum atomic E-state index is -0.0488. The lowest BCUT2D eigenvalue weighted by molar-refractivity contribution is 0.660. The van der Waals surface area contributed by atoms with Crippen molar-refractivity contribution in [2.24, 2.45) is 0 Å². The summed E-state index contributed by atoms with van der Waals surface area (Å²) in [7, 11) is 0. The van der Waals surface area contributed by atoms with Gasteiger partial charge in [0, 0.05) is 22.4 Å². The Hall–Kier alpha value is -5.14. The first-order valence-corrected chi connectivity index (χ1v) is 14.7. The van der Waals surface area contributed by atoms with Gasteiger partial charge in [-0.15, -0.1) is 0 Å². The summed E-state index contributed by atoms with van der Waals surface area (Å²) in [6.07, 6.45) is 0. The molecule has 0 spiro atoms. The first kappa shape index (κ1) is 24.6. The number of nitrogens with zero attached hydrogens (tertiary/aromatic N) is 1. The first-order chi connectivity index (χ1) is 20.6. The second-order valence-corrected chi connectivity index (χ2v) is 11.8. The summed E-state index contributed by atoms with van der Waals surface area (Å²) in [6.45, 7) is 4.69. The Morgan fingerprint density at radius 3 is 1.83 bits per heavy atom. The van der Waals surface area contributed by atoms with Crippen LogP contribution in [-0.4, -0.2) is 0 Å². The maximum Gasteiger partial charge on any atom is 0.0543 e. The molecule has 0 radical (unpaired) electrons. The SMILES string of the molecule is CC1(C)c2ccccc2-c2c(N(c3ccccc3)c3ccc4cc(-c5ccc6ccccc6c5)ccc4c3)cccc21. The van der Waals surface area contributed by atoms with E-state index < -0.39 is 0 Å². The smallest absolute Gasteiger partial charge is 0.0543 e. The van der Waals surface area contributed by atoms with E-state index >= 15 is 0 Å². The maximum atomic E-state index is 2.42. The van der Waals surface area contributed by atoms with Gasteiger partial charge < -0.3 is 4.90 Å². The number of fused-ring (bicyclic) bond motifs is 5. The molecule has 1 nitrogen and oxygen atoms in total. The fourth-order valence-corrected chi connectivity index (χ4v) is 6.85. The summed E-state index contributed by atoms with van der Waals surface area (Å²) in [5.74, 6) is 0. The lowest BCUT2D eigenvalue weighted by atomic mass is 9.82. The van der Waals surface area contributed by atoms with Crippen LogP contribution in [0.4, 0.5) is 17.1 Å². The van der Waals surface area contributed by atoms with Crippen molar-refractivity contribution in [3.63, 3.8) is 0 Å². The minimum absolute atomic E-state index is 0.0488. The van der Waals surface area contributed by atoms with E-state index in [9.17, 15) is 0 Å². The summed E-state index contributed by atoms with van der Waals surface area (Å²) in [4.78, 5) is 2.42. The van der Waals surface area contributed by atoms with Crippen LogP contribution in [0.3, 0.4) is 0 Å². The molecule has 1 heteroatoms. The van der Waals surface area contributed by atoms with Crippen molar-refractivity contribution in [1.29, 1.82) is 0 Å². The van der Waals surface area contributed by atoms with Crippen LogP contribution in [-0.2, 0) is 5.41 Å². The van der Waals surface area contributed by atoms with Gasteiger partial charge in [-0.2, -0.15) is 0 Å².